The van der Waals surface area contributed by atoms with Gasteiger partial charge in [-0.15, -0.1) is 0 Å². The predicted molar refractivity (Wildman–Crippen MR) is 83.7 cm³/mol. The molecule has 3 nitrogen and oxygen atoms in total. The molecule has 118 valence electrons. The second-order valence-electron chi connectivity index (χ2n) is 7.67. The Bertz CT molecular complexity index is 307. The molecule has 0 spiro atoms. The normalized spacial score (nSPS) is 24.7. The summed E-state index contributed by atoms with van der Waals surface area (Å²) in [6, 6.07) is 0.435. The Kier molecular flexibility index (Phi) is 6.67. The highest BCUT2D eigenvalue weighted by Gasteiger charge is 2.35. The van der Waals surface area contributed by atoms with Crippen molar-refractivity contribution < 1.29 is 9.90 Å². The Labute approximate surface area is 124 Å². The quantitative estimate of drug-likeness (QED) is 0.814. The first kappa shape index (κ1) is 17.6. The maximum Gasteiger partial charge on any atom is 0.137 e. The summed E-state index contributed by atoms with van der Waals surface area (Å²) < 4.78 is 0. The first-order valence-electron chi connectivity index (χ1n) is 8.13. The summed E-state index contributed by atoms with van der Waals surface area (Å²) in [6.07, 6.45) is 3.63. The number of hydrogen-bond donors (Lipinski definition) is 1. The van der Waals surface area contributed by atoms with Gasteiger partial charge in [0.2, 0.25) is 0 Å². The van der Waals surface area contributed by atoms with Crippen LogP contribution < -0.4 is 0 Å². The summed E-state index contributed by atoms with van der Waals surface area (Å²) >= 11 is 0. The first-order chi connectivity index (χ1) is 9.25. The molecule has 0 bridgehead atoms. The van der Waals surface area contributed by atoms with Crippen molar-refractivity contribution in [3.8, 4) is 0 Å². The fourth-order valence-corrected chi connectivity index (χ4v) is 3.19. The molecule has 1 fully saturated rings. The van der Waals surface area contributed by atoms with Gasteiger partial charge < -0.3 is 10.0 Å². The molecule has 0 aliphatic heterocycles. The number of Topliss-reactive ketones (excluding diaryl/α,β-unsaturated/α-hetero) is 1. The molecule has 0 aromatic rings. The maximum absolute atomic E-state index is 12.2. The van der Waals surface area contributed by atoms with E-state index in [1.807, 2.05) is 0 Å². The van der Waals surface area contributed by atoms with E-state index in [2.05, 4.69) is 39.5 Å². The van der Waals surface area contributed by atoms with Gasteiger partial charge in [-0.3, -0.25) is 4.79 Å². The number of rotatable bonds is 6. The second kappa shape index (κ2) is 7.56. The number of carbonyl (C=O) groups is 1. The minimum absolute atomic E-state index is 0.189. The zero-order chi connectivity index (χ0) is 15.3. The lowest BCUT2D eigenvalue weighted by Gasteiger charge is -2.39. The van der Waals surface area contributed by atoms with Gasteiger partial charge in [0, 0.05) is 38.1 Å². The summed E-state index contributed by atoms with van der Waals surface area (Å²) in [4.78, 5) is 14.6. The first-order valence-corrected chi connectivity index (χ1v) is 8.13. The third kappa shape index (κ3) is 5.17. The Morgan fingerprint density at radius 3 is 2.50 bits per heavy atom. The van der Waals surface area contributed by atoms with E-state index in [4.69, 9.17) is 5.11 Å². The van der Waals surface area contributed by atoms with Crippen LogP contribution in [-0.4, -0.2) is 41.5 Å². The molecule has 3 heteroatoms. The third-order valence-corrected chi connectivity index (χ3v) is 4.78. The lowest BCUT2D eigenvalue weighted by atomic mass is 9.68. The van der Waals surface area contributed by atoms with Crippen LogP contribution in [0.4, 0.5) is 0 Å². The molecule has 0 saturated heterocycles. The van der Waals surface area contributed by atoms with Gasteiger partial charge in [0.25, 0.3) is 0 Å². The molecular formula is C17H33NO2. The Morgan fingerprint density at radius 2 is 2.00 bits per heavy atom. The minimum Gasteiger partial charge on any atom is -0.396 e. The van der Waals surface area contributed by atoms with Gasteiger partial charge >= 0.3 is 0 Å². The van der Waals surface area contributed by atoms with E-state index in [-0.39, 0.29) is 12.5 Å². The molecule has 0 aromatic heterocycles. The van der Waals surface area contributed by atoms with Crippen LogP contribution in [0.1, 0.15) is 60.3 Å². The molecule has 1 aliphatic carbocycles. The average molecular weight is 283 g/mol. The van der Waals surface area contributed by atoms with Crippen LogP contribution in [-0.2, 0) is 4.79 Å². The summed E-state index contributed by atoms with van der Waals surface area (Å²) in [5.41, 5.74) is 0.298. The van der Waals surface area contributed by atoms with Crippen LogP contribution in [0.2, 0.25) is 0 Å². The molecule has 0 amide bonds. The van der Waals surface area contributed by atoms with Crippen molar-refractivity contribution in [3.63, 3.8) is 0 Å². The van der Waals surface area contributed by atoms with Crippen molar-refractivity contribution in [2.45, 2.75) is 66.3 Å². The fourth-order valence-electron chi connectivity index (χ4n) is 3.19. The standard InChI is InChI=1S/C17H33NO2/c1-13(2)18(9-6-10-19)12-14-11-15(17(3,4)5)7-8-16(14)20/h13-15,19H,6-12H2,1-5H3. The van der Waals surface area contributed by atoms with Crippen molar-refractivity contribution in [3.05, 3.63) is 0 Å². The van der Waals surface area contributed by atoms with E-state index in [0.29, 0.717) is 23.2 Å². The van der Waals surface area contributed by atoms with Crippen LogP contribution in [0.15, 0.2) is 0 Å². The van der Waals surface area contributed by atoms with Gasteiger partial charge in [-0.2, -0.15) is 0 Å². The van der Waals surface area contributed by atoms with Crippen LogP contribution >= 0.6 is 0 Å². The van der Waals surface area contributed by atoms with E-state index in [1.54, 1.807) is 0 Å². The number of carbonyl (C=O) groups excluding carboxylic acids is 1. The molecule has 1 rings (SSSR count). The molecule has 1 N–H and O–H groups in total. The van der Waals surface area contributed by atoms with Crippen molar-refractivity contribution in [2.75, 3.05) is 19.7 Å². The van der Waals surface area contributed by atoms with Crippen LogP contribution in [0, 0.1) is 17.3 Å². The molecule has 2 atom stereocenters. The molecule has 0 aromatic carbocycles. The smallest absolute Gasteiger partial charge is 0.137 e. The van der Waals surface area contributed by atoms with Gasteiger partial charge in [-0.1, -0.05) is 20.8 Å². The molecule has 1 saturated carbocycles. The largest absolute Gasteiger partial charge is 0.396 e. The number of hydrogen-bond acceptors (Lipinski definition) is 3. The number of ketones is 1. The van der Waals surface area contributed by atoms with E-state index in [9.17, 15) is 4.79 Å². The Hall–Kier alpha value is -0.410. The SMILES string of the molecule is CC(C)N(CCCO)CC1CC(C(C)(C)C)CCC1=O. The van der Waals surface area contributed by atoms with Crippen molar-refractivity contribution >= 4 is 5.78 Å². The second-order valence-corrected chi connectivity index (χ2v) is 7.67. The fraction of sp³-hybridized carbons (Fsp3) is 0.941. The summed E-state index contributed by atoms with van der Waals surface area (Å²) in [5.74, 6) is 1.28. The average Bonchev–Trinajstić information content (AvgIpc) is 2.34. The van der Waals surface area contributed by atoms with Crippen molar-refractivity contribution in [2.24, 2.45) is 17.3 Å². The Morgan fingerprint density at radius 1 is 1.35 bits per heavy atom. The summed E-state index contributed by atoms with van der Waals surface area (Å²) in [6.45, 7) is 13.2. The van der Waals surface area contributed by atoms with Crippen LogP contribution in [0.5, 0.6) is 0 Å². The minimum atomic E-state index is 0.189. The van der Waals surface area contributed by atoms with Crippen molar-refractivity contribution in [1.82, 2.24) is 4.90 Å². The molecular weight excluding hydrogens is 250 g/mol. The molecule has 1 aliphatic rings. The van der Waals surface area contributed by atoms with E-state index in [1.165, 1.54) is 0 Å². The van der Waals surface area contributed by atoms with Crippen LogP contribution in [0.3, 0.4) is 0 Å². The van der Waals surface area contributed by atoms with Gasteiger partial charge in [0.05, 0.1) is 0 Å². The molecule has 2 unspecified atom stereocenters. The lowest BCUT2D eigenvalue weighted by molar-refractivity contribution is -0.127. The zero-order valence-corrected chi connectivity index (χ0v) is 14.0. The molecule has 20 heavy (non-hydrogen) atoms. The van der Waals surface area contributed by atoms with Gasteiger partial charge in [0.15, 0.2) is 0 Å². The molecule has 0 heterocycles. The highest BCUT2D eigenvalue weighted by atomic mass is 16.3. The van der Waals surface area contributed by atoms with E-state index in [0.717, 1.165) is 38.8 Å². The summed E-state index contributed by atoms with van der Waals surface area (Å²) in [5, 5.41) is 9.01. The van der Waals surface area contributed by atoms with Crippen molar-refractivity contribution in [1.29, 1.82) is 0 Å². The lowest BCUT2D eigenvalue weighted by Crippen LogP contribution is -2.42. The van der Waals surface area contributed by atoms with E-state index >= 15 is 0 Å². The predicted octanol–water partition coefficient (Wildman–Crippen LogP) is 3.11. The topological polar surface area (TPSA) is 40.5 Å². The maximum atomic E-state index is 12.2. The van der Waals surface area contributed by atoms with Gasteiger partial charge in [0.1, 0.15) is 5.78 Å². The third-order valence-electron chi connectivity index (χ3n) is 4.78. The highest BCUT2D eigenvalue weighted by Crippen LogP contribution is 2.39. The Balaban J connectivity index is 2.64. The monoisotopic (exact) mass is 283 g/mol. The van der Waals surface area contributed by atoms with E-state index < -0.39 is 0 Å². The summed E-state index contributed by atoms with van der Waals surface area (Å²) in [7, 11) is 0. The molecule has 0 radical (unpaired) electrons. The number of aliphatic hydroxyl groups excluding tert-OH is 1. The number of nitrogens with zero attached hydrogens (tertiary/aromatic N) is 1. The van der Waals surface area contributed by atoms with Gasteiger partial charge in [-0.25, -0.2) is 0 Å². The van der Waals surface area contributed by atoms with Crippen LogP contribution in [0.25, 0.3) is 0 Å². The zero-order valence-electron chi connectivity index (χ0n) is 14.0. The number of aliphatic hydroxyl groups is 1. The van der Waals surface area contributed by atoms with Gasteiger partial charge in [-0.05, 0) is 44.4 Å². The highest BCUT2D eigenvalue weighted by molar-refractivity contribution is 5.82.